The van der Waals surface area contributed by atoms with Gasteiger partial charge in [-0.3, -0.25) is 9.69 Å². The van der Waals surface area contributed by atoms with Crippen molar-refractivity contribution in [2.45, 2.75) is 31.8 Å². The van der Waals surface area contributed by atoms with E-state index < -0.39 is 0 Å². The molecule has 20 heavy (non-hydrogen) atoms. The van der Waals surface area contributed by atoms with Crippen LogP contribution in [0.15, 0.2) is 18.2 Å². The monoisotopic (exact) mass is 297 g/mol. The van der Waals surface area contributed by atoms with Crippen LogP contribution in [-0.4, -0.2) is 41.1 Å². The van der Waals surface area contributed by atoms with Gasteiger partial charge in [0.2, 0.25) is 5.91 Å². The van der Waals surface area contributed by atoms with E-state index in [1.54, 1.807) is 18.2 Å². The third-order valence-electron chi connectivity index (χ3n) is 3.78. The van der Waals surface area contributed by atoms with Crippen LogP contribution in [0.4, 0.5) is 11.4 Å². The SMILES string of the molecule is CC(C(=O)Nc1ccc(Cl)cc1N)N1CCCC1CO. The molecule has 1 amide bonds. The van der Waals surface area contributed by atoms with Crippen molar-refractivity contribution in [2.24, 2.45) is 0 Å². The maximum atomic E-state index is 12.3. The average molecular weight is 298 g/mol. The van der Waals surface area contributed by atoms with Gasteiger partial charge in [-0.05, 0) is 44.5 Å². The van der Waals surface area contributed by atoms with Crippen molar-refractivity contribution in [1.29, 1.82) is 0 Å². The number of likely N-dealkylation sites (tertiary alicyclic amines) is 1. The zero-order valence-corrected chi connectivity index (χ0v) is 12.2. The first-order chi connectivity index (χ1) is 9.52. The fourth-order valence-corrected chi connectivity index (χ4v) is 2.78. The summed E-state index contributed by atoms with van der Waals surface area (Å²) in [6.45, 7) is 2.76. The summed E-state index contributed by atoms with van der Waals surface area (Å²) in [5.41, 5.74) is 6.83. The minimum Gasteiger partial charge on any atom is -0.397 e. The topological polar surface area (TPSA) is 78.6 Å². The number of halogens is 1. The Labute approximate surface area is 123 Å². The Balaban J connectivity index is 2.04. The van der Waals surface area contributed by atoms with E-state index in [0.717, 1.165) is 19.4 Å². The molecular weight excluding hydrogens is 278 g/mol. The summed E-state index contributed by atoms with van der Waals surface area (Å²) in [7, 11) is 0. The van der Waals surface area contributed by atoms with Crippen LogP contribution in [0.2, 0.25) is 5.02 Å². The Morgan fingerprint density at radius 3 is 3.05 bits per heavy atom. The molecule has 0 aliphatic carbocycles. The van der Waals surface area contributed by atoms with Gasteiger partial charge in [-0.2, -0.15) is 0 Å². The van der Waals surface area contributed by atoms with E-state index in [1.807, 2.05) is 11.8 Å². The van der Waals surface area contributed by atoms with Gasteiger partial charge in [-0.1, -0.05) is 11.6 Å². The zero-order valence-electron chi connectivity index (χ0n) is 11.5. The fourth-order valence-electron chi connectivity index (χ4n) is 2.60. The molecule has 2 unspecified atom stereocenters. The quantitative estimate of drug-likeness (QED) is 0.739. The van der Waals surface area contributed by atoms with E-state index in [-0.39, 0.29) is 24.6 Å². The molecule has 4 N–H and O–H groups in total. The second kappa shape index (κ2) is 6.43. The van der Waals surface area contributed by atoms with E-state index >= 15 is 0 Å². The van der Waals surface area contributed by atoms with Crippen molar-refractivity contribution in [1.82, 2.24) is 4.90 Å². The van der Waals surface area contributed by atoms with Crippen LogP contribution < -0.4 is 11.1 Å². The number of hydrogen-bond acceptors (Lipinski definition) is 4. The molecule has 0 radical (unpaired) electrons. The Hall–Kier alpha value is -1.30. The predicted octanol–water partition coefficient (Wildman–Crippen LogP) is 1.71. The lowest BCUT2D eigenvalue weighted by Gasteiger charge is -2.28. The van der Waals surface area contributed by atoms with Crippen molar-refractivity contribution < 1.29 is 9.90 Å². The third kappa shape index (κ3) is 3.23. The summed E-state index contributed by atoms with van der Waals surface area (Å²) in [6.07, 6.45) is 1.93. The first kappa shape index (κ1) is 15.1. The van der Waals surface area contributed by atoms with Crippen molar-refractivity contribution in [3.8, 4) is 0 Å². The molecule has 5 nitrogen and oxygen atoms in total. The van der Waals surface area contributed by atoms with Crippen molar-refractivity contribution in [2.75, 3.05) is 24.2 Å². The van der Waals surface area contributed by atoms with Gasteiger partial charge in [0.15, 0.2) is 0 Å². The second-order valence-electron chi connectivity index (χ2n) is 5.11. The molecule has 1 heterocycles. The fraction of sp³-hybridized carbons (Fsp3) is 0.500. The third-order valence-corrected chi connectivity index (χ3v) is 4.02. The number of benzene rings is 1. The number of aliphatic hydroxyl groups is 1. The minimum atomic E-state index is -0.301. The van der Waals surface area contributed by atoms with E-state index in [4.69, 9.17) is 17.3 Å². The molecule has 110 valence electrons. The number of aliphatic hydroxyl groups excluding tert-OH is 1. The summed E-state index contributed by atoms with van der Waals surface area (Å²) in [4.78, 5) is 14.3. The maximum Gasteiger partial charge on any atom is 0.241 e. The summed E-state index contributed by atoms with van der Waals surface area (Å²) < 4.78 is 0. The highest BCUT2D eigenvalue weighted by Gasteiger charge is 2.31. The van der Waals surface area contributed by atoms with Gasteiger partial charge < -0.3 is 16.2 Å². The van der Waals surface area contributed by atoms with E-state index in [9.17, 15) is 9.90 Å². The number of amides is 1. The number of hydrogen-bond donors (Lipinski definition) is 3. The lowest BCUT2D eigenvalue weighted by molar-refractivity contribution is -0.121. The molecule has 1 aliphatic rings. The van der Waals surface area contributed by atoms with Gasteiger partial charge in [-0.15, -0.1) is 0 Å². The Kier molecular flexibility index (Phi) is 4.86. The van der Waals surface area contributed by atoms with Crippen molar-refractivity contribution in [3.63, 3.8) is 0 Å². The van der Waals surface area contributed by atoms with Gasteiger partial charge in [0.25, 0.3) is 0 Å². The number of nitrogens with two attached hydrogens (primary N) is 1. The normalized spacial score (nSPS) is 20.9. The molecule has 0 spiro atoms. The van der Waals surface area contributed by atoms with Crippen LogP contribution in [0.5, 0.6) is 0 Å². The molecule has 2 atom stereocenters. The average Bonchev–Trinajstić information content (AvgIpc) is 2.89. The number of anilines is 2. The maximum absolute atomic E-state index is 12.3. The molecule has 1 aromatic carbocycles. The van der Waals surface area contributed by atoms with Gasteiger partial charge in [0.1, 0.15) is 0 Å². The van der Waals surface area contributed by atoms with Crippen LogP contribution in [0, 0.1) is 0 Å². The van der Waals surface area contributed by atoms with Crippen LogP contribution >= 0.6 is 11.6 Å². The van der Waals surface area contributed by atoms with E-state index in [0.29, 0.717) is 16.4 Å². The summed E-state index contributed by atoms with van der Waals surface area (Å²) >= 11 is 5.83. The molecule has 0 saturated carbocycles. The molecule has 1 aromatic rings. The van der Waals surface area contributed by atoms with E-state index in [2.05, 4.69) is 5.32 Å². The lowest BCUT2D eigenvalue weighted by atomic mass is 10.2. The number of carbonyl (C=O) groups excluding carboxylic acids is 1. The summed E-state index contributed by atoms with van der Waals surface area (Å²) in [6, 6.07) is 4.75. The zero-order chi connectivity index (χ0) is 14.7. The van der Waals surface area contributed by atoms with Gasteiger partial charge >= 0.3 is 0 Å². The molecule has 1 fully saturated rings. The highest BCUT2D eigenvalue weighted by atomic mass is 35.5. The smallest absolute Gasteiger partial charge is 0.241 e. The van der Waals surface area contributed by atoms with Crippen molar-refractivity contribution >= 4 is 28.9 Å². The van der Waals surface area contributed by atoms with Gasteiger partial charge in [-0.25, -0.2) is 0 Å². The second-order valence-corrected chi connectivity index (χ2v) is 5.55. The standard InChI is InChI=1S/C14H20ClN3O2/c1-9(18-6-2-3-11(18)8-19)14(20)17-13-5-4-10(15)7-12(13)16/h4-5,7,9,11,19H,2-3,6,8,16H2,1H3,(H,17,20). The Morgan fingerprint density at radius 1 is 1.65 bits per heavy atom. The molecule has 2 rings (SSSR count). The molecule has 1 saturated heterocycles. The predicted molar refractivity (Wildman–Crippen MR) is 80.8 cm³/mol. The molecule has 0 bridgehead atoms. The number of nitrogens with zero attached hydrogens (tertiary/aromatic N) is 1. The van der Waals surface area contributed by atoms with Crippen LogP contribution in [0.25, 0.3) is 0 Å². The van der Waals surface area contributed by atoms with E-state index in [1.165, 1.54) is 0 Å². The number of nitrogens with one attached hydrogen (secondary N) is 1. The van der Waals surface area contributed by atoms with Gasteiger partial charge in [0.05, 0.1) is 24.0 Å². The number of rotatable bonds is 4. The highest BCUT2D eigenvalue weighted by Crippen LogP contribution is 2.24. The number of nitrogen functional groups attached to an aromatic ring is 1. The minimum absolute atomic E-state index is 0.0679. The van der Waals surface area contributed by atoms with Gasteiger partial charge in [0, 0.05) is 11.1 Å². The molecule has 6 heteroatoms. The molecule has 1 aliphatic heterocycles. The molecular formula is C14H20ClN3O2. The van der Waals surface area contributed by atoms with Crippen molar-refractivity contribution in [3.05, 3.63) is 23.2 Å². The summed E-state index contributed by atoms with van der Waals surface area (Å²) in [5, 5.41) is 12.7. The van der Waals surface area contributed by atoms with Crippen LogP contribution in [0.1, 0.15) is 19.8 Å². The van der Waals surface area contributed by atoms with Crippen LogP contribution in [0.3, 0.4) is 0 Å². The Morgan fingerprint density at radius 2 is 2.40 bits per heavy atom. The first-order valence-corrected chi connectivity index (χ1v) is 7.13. The highest BCUT2D eigenvalue weighted by molar-refractivity contribution is 6.31. The molecule has 0 aromatic heterocycles. The first-order valence-electron chi connectivity index (χ1n) is 6.75. The number of carbonyl (C=O) groups is 1. The largest absolute Gasteiger partial charge is 0.397 e. The van der Waals surface area contributed by atoms with Crippen LogP contribution in [-0.2, 0) is 4.79 Å². The Bertz CT molecular complexity index is 495. The lowest BCUT2D eigenvalue weighted by Crippen LogP contribution is -2.45. The summed E-state index contributed by atoms with van der Waals surface area (Å²) in [5.74, 6) is -0.126.